The Morgan fingerprint density at radius 1 is 1.36 bits per heavy atom. The molecule has 0 aromatic heterocycles. The van der Waals surface area contributed by atoms with E-state index in [9.17, 15) is 0 Å². The molecule has 0 heterocycles. The third kappa shape index (κ3) is 2.26. The normalized spacial score (nSPS) is 10.0. The van der Waals surface area contributed by atoms with Crippen LogP contribution in [0.5, 0.6) is 0 Å². The zero-order chi connectivity index (χ0) is 8.10. The van der Waals surface area contributed by atoms with Crippen LogP contribution in [-0.4, -0.2) is 5.75 Å². The topological polar surface area (TPSA) is 0 Å². The van der Waals surface area contributed by atoms with Crippen molar-refractivity contribution in [1.29, 1.82) is 0 Å². The molecule has 0 spiro atoms. The standard InChI is InChI=1S/C10H13S/c1-3-9-7-5-6-8-10(9)11-4-2/h3,5-8H,4H2,1-2H3. The average molecular weight is 165 g/mol. The molecule has 0 amide bonds. The molecule has 0 bridgehead atoms. The van der Waals surface area contributed by atoms with Gasteiger partial charge in [-0.3, -0.25) is 0 Å². The monoisotopic (exact) mass is 165 g/mol. The molecule has 0 nitrogen and oxygen atoms in total. The van der Waals surface area contributed by atoms with Crippen LogP contribution in [0, 0.1) is 6.42 Å². The predicted molar refractivity (Wildman–Crippen MR) is 51.9 cm³/mol. The fourth-order valence-electron chi connectivity index (χ4n) is 1.01. The Hall–Kier alpha value is -0.430. The molecule has 1 rings (SSSR count). The van der Waals surface area contributed by atoms with Crippen LogP contribution in [0.3, 0.4) is 0 Å². The Balaban J connectivity index is 2.83. The number of hydrogen-bond acceptors (Lipinski definition) is 1. The summed E-state index contributed by atoms with van der Waals surface area (Å²) >= 11 is 1.90. The third-order valence-corrected chi connectivity index (χ3v) is 2.50. The lowest BCUT2D eigenvalue weighted by atomic mass is 10.2. The summed E-state index contributed by atoms with van der Waals surface area (Å²) in [6.07, 6.45) is 2.15. The van der Waals surface area contributed by atoms with E-state index in [2.05, 4.69) is 44.5 Å². The van der Waals surface area contributed by atoms with E-state index < -0.39 is 0 Å². The van der Waals surface area contributed by atoms with E-state index in [1.165, 1.54) is 10.5 Å². The molecule has 1 aromatic rings. The van der Waals surface area contributed by atoms with Crippen molar-refractivity contribution in [2.45, 2.75) is 18.7 Å². The summed E-state index contributed by atoms with van der Waals surface area (Å²) in [5, 5.41) is 0. The van der Waals surface area contributed by atoms with Crippen LogP contribution in [0.2, 0.25) is 0 Å². The van der Waals surface area contributed by atoms with Gasteiger partial charge in [-0.15, -0.1) is 11.8 Å². The zero-order valence-corrected chi connectivity index (χ0v) is 7.82. The predicted octanol–water partition coefficient (Wildman–Crippen LogP) is 3.37. The summed E-state index contributed by atoms with van der Waals surface area (Å²) in [7, 11) is 0. The molecule has 0 saturated heterocycles. The van der Waals surface area contributed by atoms with E-state index in [-0.39, 0.29) is 0 Å². The maximum atomic E-state index is 2.18. The molecule has 0 saturated carbocycles. The SMILES string of the molecule is C[CH]c1ccccc1SCC. The first-order valence-corrected chi connectivity index (χ1v) is 4.88. The van der Waals surface area contributed by atoms with Gasteiger partial charge in [0.2, 0.25) is 0 Å². The summed E-state index contributed by atoms with van der Waals surface area (Å²) in [5.41, 5.74) is 1.35. The second-order valence-corrected chi connectivity index (χ2v) is 3.57. The van der Waals surface area contributed by atoms with E-state index in [4.69, 9.17) is 0 Å². The van der Waals surface area contributed by atoms with Gasteiger partial charge in [0.25, 0.3) is 0 Å². The molecule has 0 N–H and O–H groups in total. The fourth-order valence-corrected chi connectivity index (χ4v) is 1.84. The van der Waals surface area contributed by atoms with Gasteiger partial charge in [-0.25, -0.2) is 0 Å². The van der Waals surface area contributed by atoms with Gasteiger partial charge in [0.05, 0.1) is 0 Å². The minimum Gasteiger partial charge on any atom is -0.126 e. The Bertz CT molecular complexity index is 218. The maximum Gasteiger partial charge on any atom is 0.0107 e. The van der Waals surface area contributed by atoms with Crippen LogP contribution in [0.25, 0.3) is 0 Å². The van der Waals surface area contributed by atoms with Crippen LogP contribution < -0.4 is 0 Å². The van der Waals surface area contributed by atoms with Crippen molar-refractivity contribution in [3.8, 4) is 0 Å². The Labute approximate surface area is 73.0 Å². The Morgan fingerprint density at radius 3 is 2.73 bits per heavy atom. The van der Waals surface area contributed by atoms with Gasteiger partial charge < -0.3 is 0 Å². The van der Waals surface area contributed by atoms with Crippen molar-refractivity contribution < 1.29 is 0 Å². The second kappa shape index (κ2) is 4.45. The smallest absolute Gasteiger partial charge is 0.0107 e. The highest BCUT2D eigenvalue weighted by Crippen LogP contribution is 2.22. The summed E-state index contributed by atoms with van der Waals surface area (Å²) in [6.45, 7) is 4.26. The van der Waals surface area contributed by atoms with Crippen molar-refractivity contribution in [3.05, 3.63) is 36.2 Å². The first-order chi connectivity index (χ1) is 5.38. The van der Waals surface area contributed by atoms with E-state index in [0.29, 0.717) is 0 Å². The van der Waals surface area contributed by atoms with Crippen LogP contribution in [0.4, 0.5) is 0 Å². The van der Waals surface area contributed by atoms with E-state index in [0.717, 1.165) is 5.75 Å². The van der Waals surface area contributed by atoms with Crippen LogP contribution in [-0.2, 0) is 0 Å². The first kappa shape index (κ1) is 8.66. The quantitative estimate of drug-likeness (QED) is 0.619. The summed E-state index contributed by atoms with van der Waals surface area (Å²) in [6, 6.07) is 8.49. The minimum absolute atomic E-state index is 1.14. The number of rotatable bonds is 3. The molecule has 0 aliphatic heterocycles. The van der Waals surface area contributed by atoms with E-state index in [1.54, 1.807) is 0 Å². The largest absolute Gasteiger partial charge is 0.126 e. The van der Waals surface area contributed by atoms with Crippen LogP contribution in [0.15, 0.2) is 29.2 Å². The summed E-state index contributed by atoms with van der Waals surface area (Å²) in [5.74, 6) is 1.14. The van der Waals surface area contributed by atoms with Crippen molar-refractivity contribution >= 4 is 11.8 Å². The number of thioether (sulfide) groups is 1. The van der Waals surface area contributed by atoms with Crippen LogP contribution in [0.1, 0.15) is 19.4 Å². The van der Waals surface area contributed by atoms with Gasteiger partial charge in [0.1, 0.15) is 0 Å². The highest BCUT2D eigenvalue weighted by atomic mass is 32.2. The lowest BCUT2D eigenvalue weighted by Gasteiger charge is -2.03. The molecule has 0 aliphatic rings. The molecule has 0 aliphatic carbocycles. The lowest BCUT2D eigenvalue weighted by molar-refractivity contribution is 1.29. The van der Waals surface area contributed by atoms with Crippen molar-refractivity contribution in [2.24, 2.45) is 0 Å². The molecule has 1 radical (unpaired) electrons. The average Bonchev–Trinajstić information content (AvgIpc) is 2.06. The van der Waals surface area contributed by atoms with Gasteiger partial charge in [-0.1, -0.05) is 32.0 Å². The van der Waals surface area contributed by atoms with Gasteiger partial charge in [0.15, 0.2) is 0 Å². The Morgan fingerprint density at radius 2 is 2.09 bits per heavy atom. The molecule has 0 atom stereocenters. The molecule has 0 unspecified atom stereocenters. The van der Waals surface area contributed by atoms with Gasteiger partial charge in [-0.2, -0.15) is 0 Å². The highest BCUT2D eigenvalue weighted by molar-refractivity contribution is 7.99. The second-order valence-electron chi connectivity index (χ2n) is 2.26. The zero-order valence-electron chi connectivity index (χ0n) is 7.00. The third-order valence-electron chi connectivity index (χ3n) is 1.53. The summed E-state index contributed by atoms with van der Waals surface area (Å²) < 4.78 is 0. The molecule has 59 valence electrons. The summed E-state index contributed by atoms with van der Waals surface area (Å²) in [4.78, 5) is 1.39. The Kier molecular flexibility index (Phi) is 3.50. The maximum absolute atomic E-state index is 2.18. The minimum atomic E-state index is 1.14. The molecule has 1 aromatic carbocycles. The van der Waals surface area contributed by atoms with Crippen molar-refractivity contribution in [2.75, 3.05) is 5.75 Å². The fraction of sp³-hybridized carbons (Fsp3) is 0.300. The van der Waals surface area contributed by atoms with E-state index >= 15 is 0 Å². The lowest BCUT2D eigenvalue weighted by Crippen LogP contribution is -1.81. The molecular weight excluding hydrogens is 152 g/mol. The number of benzene rings is 1. The highest BCUT2D eigenvalue weighted by Gasteiger charge is 1.97. The molecule has 0 fully saturated rings. The van der Waals surface area contributed by atoms with Crippen LogP contribution >= 0.6 is 11.8 Å². The van der Waals surface area contributed by atoms with E-state index in [1.807, 2.05) is 11.8 Å². The van der Waals surface area contributed by atoms with Gasteiger partial charge in [0, 0.05) is 4.90 Å². The molecule has 11 heavy (non-hydrogen) atoms. The van der Waals surface area contributed by atoms with Crippen molar-refractivity contribution in [1.82, 2.24) is 0 Å². The first-order valence-electron chi connectivity index (χ1n) is 3.89. The molecule has 1 heteroatoms. The van der Waals surface area contributed by atoms with Gasteiger partial charge in [-0.05, 0) is 23.8 Å². The molecular formula is C10H13S. The van der Waals surface area contributed by atoms with Gasteiger partial charge >= 0.3 is 0 Å². The van der Waals surface area contributed by atoms with Crippen molar-refractivity contribution in [3.63, 3.8) is 0 Å². The number of hydrogen-bond donors (Lipinski definition) is 0.